The Hall–Kier alpha value is -0.850. The average molecular weight is 216 g/mol. The molecule has 1 heterocycles. The zero-order chi connectivity index (χ0) is 10.6. The van der Waals surface area contributed by atoms with E-state index in [1.165, 1.54) is 32.0 Å². The third kappa shape index (κ3) is 2.57. The highest BCUT2D eigenvalue weighted by Crippen LogP contribution is 2.15. The van der Waals surface area contributed by atoms with Crippen LogP contribution in [0.15, 0.2) is 16.0 Å². The number of nitrogens with one attached hydrogen (secondary N) is 1. The Kier molecular flexibility index (Phi) is 4.12. The van der Waals surface area contributed by atoms with Crippen molar-refractivity contribution in [1.82, 2.24) is 9.97 Å². The van der Waals surface area contributed by atoms with Crippen molar-refractivity contribution in [3.63, 3.8) is 0 Å². The summed E-state index contributed by atoms with van der Waals surface area (Å²) < 4.78 is 9.99. The molecule has 1 aromatic rings. The lowest BCUT2D eigenvalue weighted by atomic mass is 10.4. The number of methoxy groups -OCH3 is 2. The number of hydrogen-bond acceptors (Lipinski definition) is 5. The Morgan fingerprint density at radius 2 is 2.14 bits per heavy atom. The van der Waals surface area contributed by atoms with E-state index in [0.29, 0.717) is 10.9 Å². The van der Waals surface area contributed by atoms with Crippen molar-refractivity contribution in [3.8, 4) is 0 Å². The van der Waals surface area contributed by atoms with Crippen LogP contribution in [0.4, 0.5) is 0 Å². The zero-order valence-electron chi connectivity index (χ0n) is 8.23. The van der Waals surface area contributed by atoms with Crippen LogP contribution in [-0.4, -0.2) is 30.4 Å². The molecule has 0 spiro atoms. The first-order valence-corrected chi connectivity index (χ1v) is 5.14. The van der Waals surface area contributed by atoms with Crippen LogP contribution in [-0.2, 0) is 9.47 Å². The van der Waals surface area contributed by atoms with Crippen molar-refractivity contribution < 1.29 is 9.47 Å². The molecule has 0 atom stereocenters. The van der Waals surface area contributed by atoms with Gasteiger partial charge in [-0.15, -0.1) is 0 Å². The third-order valence-electron chi connectivity index (χ3n) is 1.60. The fourth-order valence-electron chi connectivity index (χ4n) is 1.01. The molecule has 78 valence electrons. The first-order chi connectivity index (χ1) is 6.71. The molecule has 0 saturated carbocycles. The van der Waals surface area contributed by atoms with Gasteiger partial charge in [-0.25, -0.2) is 4.98 Å². The van der Waals surface area contributed by atoms with Crippen molar-refractivity contribution in [2.75, 3.05) is 20.5 Å². The minimum absolute atomic E-state index is 0.210. The van der Waals surface area contributed by atoms with Gasteiger partial charge in [0, 0.05) is 20.3 Å². The normalized spacial score (nSPS) is 10.9. The Labute approximate surface area is 85.8 Å². The van der Waals surface area contributed by atoms with Crippen molar-refractivity contribution in [2.24, 2.45) is 0 Å². The maximum Gasteiger partial charge on any atom is 0.251 e. The first-order valence-electron chi connectivity index (χ1n) is 3.92. The number of ether oxygens (including phenoxy) is 2. The van der Waals surface area contributed by atoms with Gasteiger partial charge in [0.25, 0.3) is 5.56 Å². The molecule has 0 aromatic carbocycles. The number of H-pyrrole nitrogens is 1. The fraction of sp³-hybridized carbons (Fsp3) is 0.500. The van der Waals surface area contributed by atoms with Crippen molar-refractivity contribution in [2.45, 2.75) is 11.4 Å². The SMILES string of the molecule is COC(OC)c1cc(=O)[nH]c(SC)n1. The number of aromatic nitrogens is 2. The van der Waals surface area contributed by atoms with Gasteiger partial charge in [-0.1, -0.05) is 11.8 Å². The molecule has 0 fully saturated rings. The van der Waals surface area contributed by atoms with Crippen molar-refractivity contribution in [3.05, 3.63) is 22.1 Å². The predicted octanol–water partition coefficient (Wildman–Crippen LogP) is 0.783. The lowest BCUT2D eigenvalue weighted by Gasteiger charge is -2.12. The van der Waals surface area contributed by atoms with E-state index in [9.17, 15) is 4.79 Å². The molecular formula is C8H12N2O3S. The van der Waals surface area contributed by atoms with Crippen LogP contribution in [0, 0.1) is 0 Å². The van der Waals surface area contributed by atoms with E-state index >= 15 is 0 Å². The second-order valence-electron chi connectivity index (χ2n) is 2.48. The first kappa shape index (κ1) is 11.2. The molecule has 0 unspecified atom stereocenters. The molecule has 0 bridgehead atoms. The summed E-state index contributed by atoms with van der Waals surface area (Å²) in [5, 5.41) is 0.548. The summed E-state index contributed by atoms with van der Waals surface area (Å²) in [5.74, 6) is 0. The lowest BCUT2D eigenvalue weighted by molar-refractivity contribution is -0.109. The van der Waals surface area contributed by atoms with Gasteiger partial charge in [0.2, 0.25) is 6.29 Å². The number of thioether (sulfide) groups is 1. The van der Waals surface area contributed by atoms with Gasteiger partial charge in [0.1, 0.15) is 5.69 Å². The summed E-state index contributed by atoms with van der Waals surface area (Å²) in [6.07, 6.45) is 1.24. The van der Waals surface area contributed by atoms with E-state index in [1.54, 1.807) is 0 Å². The van der Waals surface area contributed by atoms with Gasteiger partial charge in [-0.3, -0.25) is 4.79 Å². The van der Waals surface area contributed by atoms with Gasteiger partial charge < -0.3 is 14.5 Å². The topological polar surface area (TPSA) is 64.2 Å². The summed E-state index contributed by atoms with van der Waals surface area (Å²) in [5.41, 5.74) is 0.265. The van der Waals surface area contributed by atoms with E-state index in [1.807, 2.05) is 6.26 Å². The molecule has 0 aliphatic carbocycles. The highest BCUT2D eigenvalue weighted by molar-refractivity contribution is 7.98. The molecule has 0 aliphatic rings. The second-order valence-corrected chi connectivity index (χ2v) is 3.28. The molecule has 1 N–H and O–H groups in total. The molecule has 5 nitrogen and oxygen atoms in total. The maximum atomic E-state index is 11.2. The summed E-state index contributed by atoms with van der Waals surface area (Å²) >= 11 is 1.36. The van der Waals surface area contributed by atoms with E-state index in [2.05, 4.69) is 9.97 Å². The number of hydrogen-bond donors (Lipinski definition) is 1. The van der Waals surface area contributed by atoms with Crippen LogP contribution >= 0.6 is 11.8 Å². The highest BCUT2D eigenvalue weighted by Gasteiger charge is 2.12. The summed E-state index contributed by atoms with van der Waals surface area (Å²) in [6, 6.07) is 1.36. The van der Waals surface area contributed by atoms with E-state index in [0.717, 1.165) is 0 Å². The molecule has 6 heteroatoms. The van der Waals surface area contributed by atoms with Gasteiger partial charge in [0.05, 0.1) is 0 Å². The van der Waals surface area contributed by atoms with Gasteiger partial charge >= 0.3 is 0 Å². The Balaban J connectivity index is 3.07. The molecule has 0 aliphatic heterocycles. The molecule has 0 radical (unpaired) electrons. The fourth-order valence-corrected chi connectivity index (χ4v) is 1.41. The number of nitrogens with zero attached hydrogens (tertiary/aromatic N) is 1. The minimum Gasteiger partial charge on any atom is -0.350 e. The van der Waals surface area contributed by atoms with Crippen LogP contribution in [0.2, 0.25) is 0 Å². The molecular weight excluding hydrogens is 204 g/mol. The summed E-state index contributed by atoms with van der Waals surface area (Å²) in [4.78, 5) is 17.9. The summed E-state index contributed by atoms with van der Waals surface area (Å²) in [6.45, 7) is 0. The Morgan fingerprint density at radius 3 is 2.64 bits per heavy atom. The smallest absolute Gasteiger partial charge is 0.251 e. The molecule has 1 aromatic heterocycles. The number of rotatable bonds is 4. The third-order valence-corrected chi connectivity index (χ3v) is 2.18. The maximum absolute atomic E-state index is 11.2. The monoisotopic (exact) mass is 216 g/mol. The second kappa shape index (κ2) is 5.14. The summed E-state index contributed by atoms with van der Waals surface area (Å²) in [7, 11) is 2.99. The molecule has 0 saturated heterocycles. The van der Waals surface area contributed by atoms with Gasteiger partial charge in [-0.2, -0.15) is 0 Å². The van der Waals surface area contributed by atoms with Gasteiger partial charge in [0.15, 0.2) is 5.16 Å². The standard InChI is InChI=1S/C8H12N2O3S/c1-12-7(13-2)5-4-6(11)10-8(9-5)14-3/h4,7H,1-3H3,(H,9,10,11). The van der Waals surface area contributed by atoms with Crippen molar-refractivity contribution in [1.29, 1.82) is 0 Å². The molecule has 14 heavy (non-hydrogen) atoms. The molecule has 1 rings (SSSR count). The lowest BCUT2D eigenvalue weighted by Crippen LogP contribution is -2.14. The van der Waals surface area contributed by atoms with Crippen LogP contribution in [0.5, 0.6) is 0 Å². The van der Waals surface area contributed by atoms with Gasteiger partial charge in [-0.05, 0) is 6.26 Å². The predicted molar refractivity (Wildman–Crippen MR) is 53.4 cm³/mol. The largest absolute Gasteiger partial charge is 0.350 e. The Morgan fingerprint density at radius 1 is 1.50 bits per heavy atom. The quantitative estimate of drug-likeness (QED) is 0.458. The highest BCUT2D eigenvalue weighted by atomic mass is 32.2. The van der Waals surface area contributed by atoms with Crippen LogP contribution in [0.3, 0.4) is 0 Å². The molecule has 0 amide bonds. The van der Waals surface area contributed by atoms with Crippen LogP contribution in [0.25, 0.3) is 0 Å². The zero-order valence-corrected chi connectivity index (χ0v) is 9.05. The van der Waals surface area contributed by atoms with Crippen molar-refractivity contribution >= 4 is 11.8 Å². The minimum atomic E-state index is -0.594. The van der Waals surface area contributed by atoms with Crippen LogP contribution in [0.1, 0.15) is 12.0 Å². The van der Waals surface area contributed by atoms with E-state index < -0.39 is 6.29 Å². The van der Waals surface area contributed by atoms with E-state index in [4.69, 9.17) is 9.47 Å². The average Bonchev–Trinajstić information content (AvgIpc) is 2.19. The number of aromatic amines is 1. The van der Waals surface area contributed by atoms with E-state index in [-0.39, 0.29) is 5.56 Å². The van der Waals surface area contributed by atoms with Crippen LogP contribution < -0.4 is 5.56 Å². The Bertz CT molecular complexity index is 349.